The van der Waals surface area contributed by atoms with Gasteiger partial charge in [-0.2, -0.15) is 5.10 Å². The Labute approximate surface area is 205 Å². The third-order valence-corrected chi connectivity index (χ3v) is 6.71. The van der Waals surface area contributed by atoms with Gasteiger partial charge in [0.25, 0.3) is 5.56 Å². The van der Waals surface area contributed by atoms with Crippen molar-refractivity contribution in [2.45, 2.75) is 33.0 Å². The average molecular weight is 485 g/mol. The number of thiophene rings is 1. The summed E-state index contributed by atoms with van der Waals surface area (Å²) in [5.74, 6) is -0.118. The fourth-order valence-corrected chi connectivity index (χ4v) is 4.75. The van der Waals surface area contributed by atoms with Crippen molar-refractivity contribution in [1.29, 1.82) is 0 Å². The molecule has 0 saturated heterocycles. The van der Waals surface area contributed by atoms with Crippen LogP contribution in [-0.2, 0) is 24.4 Å². The number of hydrogen-bond donors (Lipinski definition) is 1. The fourth-order valence-electron chi connectivity index (χ4n) is 3.85. The largest absolute Gasteiger partial charge is 0.352 e. The van der Waals surface area contributed by atoms with Crippen molar-refractivity contribution in [1.82, 2.24) is 29.6 Å². The summed E-state index contributed by atoms with van der Waals surface area (Å²) in [5.41, 5.74) is 5.02. The monoisotopic (exact) mass is 484 g/mol. The summed E-state index contributed by atoms with van der Waals surface area (Å²) >= 11 is 1.46. The minimum Gasteiger partial charge on any atom is -0.352 e. The van der Waals surface area contributed by atoms with Crippen molar-refractivity contribution in [3.8, 4) is 11.1 Å². The third-order valence-electron chi connectivity index (χ3n) is 5.83. The fraction of sp³-hybridized carbons (Fsp3) is 0.192. The van der Waals surface area contributed by atoms with Crippen molar-refractivity contribution in [3.63, 3.8) is 0 Å². The van der Waals surface area contributed by atoms with E-state index in [1.807, 2.05) is 60.8 Å². The Morgan fingerprint density at radius 1 is 1.03 bits per heavy atom. The van der Waals surface area contributed by atoms with Gasteiger partial charge in [-0.3, -0.25) is 14.2 Å². The Kier molecular flexibility index (Phi) is 6.49. The van der Waals surface area contributed by atoms with Crippen molar-refractivity contribution in [3.05, 3.63) is 99.9 Å². The van der Waals surface area contributed by atoms with Gasteiger partial charge in [0.1, 0.15) is 17.5 Å². The number of carbonyl (C=O) groups excluding carboxylic acids is 1. The lowest BCUT2D eigenvalue weighted by atomic mass is 10.1. The van der Waals surface area contributed by atoms with Gasteiger partial charge in [-0.25, -0.2) is 14.6 Å². The van der Waals surface area contributed by atoms with Crippen LogP contribution < -0.4 is 10.9 Å². The first kappa shape index (κ1) is 22.7. The second-order valence-corrected chi connectivity index (χ2v) is 9.23. The molecule has 5 aromatic rings. The van der Waals surface area contributed by atoms with Crippen molar-refractivity contribution < 1.29 is 4.79 Å². The second kappa shape index (κ2) is 10.0. The highest BCUT2D eigenvalue weighted by atomic mass is 32.1. The number of hydrogen-bond acceptors (Lipinski definition) is 6. The Balaban J connectivity index is 1.20. The highest BCUT2D eigenvalue weighted by Gasteiger charge is 2.14. The lowest BCUT2D eigenvalue weighted by molar-refractivity contribution is -0.121. The van der Waals surface area contributed by atoms with Gasteiger partial charge < -0.3 is 5.32 Å². The van der Waals surface area contributed by atoms with E-state index in [0.717, 1.165) is 27.8 Å². The number of nitrogens with zero attached hydrogens (tertiary/aromatic N) is 5. The van der Waals surface area contributed by atoms with E-state index in [9.17, 15) is 9.59 Å². The molecule has 5 rings (SSSR count). The van der Waals surface area contributed by atoms with Crippen molar-refractivity contribution in [2.24, 2.45) is 0 Å². The van der Waals surface area contributed by atoms with Crippen LogP contribution in [0.15, 0.2) is 77.7 Å². The van der Waals surface area contributed by atoms with E-state index in [0.29, 0.717) is 23.3 Å². The van der Waals surface area contributed by atoms with Gasteiger partial charge in [0, 0.05) is 30.5 Å². The van der Waals surface area contributed by atoms with Crippen LogP contribution in [0, 0.1) is 6.92 Å². The molecule has 0 aliphatic heterocycles. The Hall–Kier alpha value is -4.11. The quantitative estimate of drug-likeness (QED) is 0.362. The number of aromatic nitrogens is 5. The predicted octanol–water partition coefficient (Wildman–Crippen LogP) is 3.78. The molecule has 3 aromatic heterocycles. The number of aryl methyl sites for hydroxylation is 2. The normalized spacial score (nSPS) is 11.1. The third kappa shape index (κ3) is 5.20. The molecule has 8 nitrogen and oxygen atoms in total. The highest BCUT2D eigenvalue weighted by Crippen LogP contribution is 2.30. The van der Waals surface area contributed by atoms with Crippen LogP contribution in [0.3, 0.4) is 0 Å². The molecular formula is C26H24N6O2S. The zero-order valence-corrected chi connectivity index (χ0v) is 20.0. The maximum atomic E-state index is 13.2. The molecule has 0 aliphatic rings. The molecule has 0 unspecified atom stereocenters. The summed E-state index contributed by atoms with van der Waals surface area (Å²) < 4.78 is 3.27. The van der Waals surface area contributed by atoms with Gasteiger partial charge in [-0.05, 0) is 23.6 Å². The number of rotatable bonds is 8. The van der Waals surface area contributed by atoms with Crippen molar-refractivity contribution in [2.75, 3.05) is 0 Å². The lowest BCUT2D eigenvalue weighted by Gasteiger charge is -2.08. The molecule has 35 heavy (non-hydrogen) atoms. The number of carbonyl (C=O) groups is 1. The molecule has 0 saturated carbocycles. The van der Waals surface area contributed by atoms with E-state index in [1.165, 1.54) is 28.6 Å². The second-order valence-electron chi connectivity index (χ2n) is 8.37. The molecule has 0 atom stereocenters. The number of benzene rings is 2. The first-order chi connectivity index (χ1) is 17.1. The highest BCUT2D eigenvalue weighted by molar-refractivity contribution is 7.17. The molecule has 2 aromatic carbocycles. The zero-order chi connectivity index (χ0) is 24.2. The van der Waals surface area contributed by atoms with Crippen LogP contribution in [0.5, 0.6) is 0 Å². The van der Waals surface area contributed by atoms with Crippen LogP contribution >= 0.6 is 11.3 Å². The number of nitrogens with one attached hydrogen (secondary N) is 1. The number of fused-ring (bicyclic) bond motifs is 1. The Morgan fingerprint density at radius 3 is 2.54 bits per heavy atom. The smallest absolute Gasteiger partial charge is 0.262 e. The van der Waals surface area contributed by atoms with Crippen molar-refractivity contribution >= 4 is 27.5 Å². The molecule has 9 heteroatoms. The zero-order valence-electron chi connectivity index (χ0n) is 19.2. The van der Waals surface area contributed by atoms with Crippen LogP contribution in [0.1, 0.15) is 23.1 Å². The molecule has 176 valence electrons. The van der Waals surface area contributed by atoms with E-state index in [1.54, 1.807) is 11.0 Å². The summed E-state index contributed by atoms with van der Waals surface area (Å²) in [7, 11) is 0. The molecule has 0 bridgehead atoms. The van der Waals surface area contributed by atoms with Crippen LogP contribution in [0.4, 0.5) is 0 Å². The van der Waals surface area contributed by atoms with Gasteiger partial charge >= 0.3 is 0 Å². The van der Waals surface area contributed by atoms with E-state index in [4.69, 9.17) is 0 Å². The molecule has 0 spiro atoms. The maximum absolute atomic E-state index is 13.2. The van der Waals surface area contributed by atoms with Crippen LogP contribution in [0.25, 0.3) is 21.3 Å². The molecule has 1 amide bonds. The van der Waals surface area contributed by atoms with Gasteiger partial charge in [0.2, 0.25) is 5.91 Å². The van der Waals surface area contributed by atoms with E-state index >= 15 is 0 Å². The molecular weight excluding hydrogens is 460 g/mol. The van der Waals surface area contributed by atoms with Gasteiger partial charge in [0.05, 0.1) is 18.3 Å². The molecule has 3 heterocycles. The van der Waals surface area contributed by atoms with Gasteiger partial charge in [0.15, 0.2) is 0 Å². The van der Waals surface area contributed by atoms with Crippen LogP contribution in [0.2, 0.25) is 0 Å². The predicted molar refractivity (Wildman–Crippen MR) is 136 cm³/mol. The minimum absolute atomic E-state index is 0.118. The molecule has 0 fully saturated rings. The van der Waals surface area contributed by atoms with Gasteiger partial charge in [-0.1, -0.05) is 54.1 Å². The summed E-state index contributed by atoms with van der Waals surface area (Å²) in [6.45, 7) is 3.38. The average Bonchev–Trinajstić information content (AvgIpc) is 3.54. The van der Waals surface area contributed by atoms with E-state index < -0.39 is 0 Å². The summed E-state index contributed by atoms with van der Waals surface area (Å²) in [6, 6.07) is 16.1. The van der Waals surface area contributed by atoms with E-state index in [2.05, 4.69) is 20.4 Å². The maximum Gasteiger partial charge on any atom is 0.262 e. The minimum atomic E-state index is -0.123. The summed E-state index contributed by atoms with van der Waals surface area (Å²) in [6.07, 6.45) is 4.91. The lowest BCUT2D eigenvalue weighted by Crippen LogP contribution is -2.27. The first-order valence-corrected chi connectivity index (χ1v) is 12.2. The number of amides is 1. The molecule has 1 N–H and O–H groups in total. The Morgan fingerprint density at radius 2 is 1.80 bits per heavy atom. The van der Waals surface area contributed by atoms with E-state index in [-0.39, 0.29) is 24.4 Å². The first-order valence-electron chi connectivity index (χ1n) is 11.3. The molecule has 0 radical (unpaired) electrons. The summed E-state index contributed by atoms with van der Waals surface area (Å²) in [5, 5.41) is 9.61. The summed E-state index contributed by atoms with van der Waals surface area (Å²) in [4.78, 5) is 34.7. The van der Waals surface area contributed by atoms with Crippen LogP contribution in [-0.4, -0.2) is 30.2 Å². The standard InChI is InChI=1S/C26H24N6O2S/c1-18-2-8-21(9-3-18)22-14-35-25-24(22)26(34)31(17-29-25)11-10-23(33)28-12-19-4-6-20(7-5-19)13-32-16-27-15-30-32/h2-9,14-17H,10-13H2,1H3,(H,28,33). The van der Waals surface area contributed by atoms with Gasteiger partial charge in [-0.15, -0.1) is 11.3 Å². The molecule has 0 aliphatic carbocycles. The Bertz CT molecular complexity index is 1500. The topological polar surface area (TPSA) is 94.7 Å². The SMILES string of the molecule is Cc1ccc(-c2csc3ncn(CCC(=O)NCc4ccc(Cn5cncn5)cc4)c(=O)c23)cc1.